The molecule has 2 aliphatic heterocycles. The van der Waals surface area contributed by atoms with E-state index in [-0.39, 0.29) is 5.91 Å². The highest BCUT2D eigenvalue weighted by Crippen LogP contribution is 2.23. The summed E-state index contributed by atoms with van der Waals surface area (Å²) in [6.45, 7) is 4.45. The van der Waals surface area contributed by atoms with Gasteiger partial charge in [0.25, 0.3) is 5.91 Å². The van der Waals surface area contributed by atoms with E-state index in [2.05, 4.69) is 10.3 Å². The maximum atomic E-state index is 12.2. The number of carbonyl (C=O) groups is 1. The molecule has 3 heterocycles. The number of fused-ring (bicyclic) bond motifs is 2. The number of nitrogens with one attached hydrogen (secondary N) is 1. The number of nitrogens with zero attached hydrogens (tertiary/aromatic N) is 2. The lowest BCUT2D eigenvalue weighted by atomic mass is 10.00. The Morgan fingerprint density at radius 3 is 3.19 bits per heavy atom. The summed E-state index contributed by atoms with van der Waals surface area (Å²) in [7, 11) is 0. The van der Waals surface area contributed by atoms with E-state index in [4.69, 9.17) is 4.42 Å². The van der Waals surface area contributed by atoms with Gasteiger partial charge < -0.3 is 14.6 Å². The average Bonchev–Trinajstić information content (AvgIpc) is 2.84. The molecule has 1 aromatic rings. The van der Waals surface area contributed by atoms with Gasteiger partial charge in [-0.1, -0.05) is 0 Å². The first-order valence-electron chi connectivity index (χ1n) is 5.67. The number of hydrogen-bond acceptors (Lipinski definition) is 4. The third-order valence-electron chi connectivity index (χ3n) is 3.46. The van der Waals surface area contributed by atoms with Crippen LogP contribution in [0.2, 0.25) is 0 Å². The smallest absolute Gasteiger partial charge is 0.291 e. The van der Waals surface area contributed by atoms with E-state index in [9.17, 15) is 4.79 Å². The zero-order valence-corrected chi connectivity index (χ0v) is 9.27. The lowest BCUT2D eigenvalue weighted by Crippen LogP contribution is -2.44. The number of hydrogen-bond donors (Lipinski definition) is 1. The lowest BCUT2D eigenvalue weighted by molar-refractivity contribution is 0.0658. The molecule has 2 bridgehead atoms. The Hall–Kier alpha value is -1.36. The van der Waals surface area contributed by atoms with Crippen LogP contribution in [0.15, 0.2) is 10.8 Å². The van der Waals surface area contributed by atoms with E-state index >= 15 is 0 Å². The van der Waals surface area contributed by atoms with Crippen LogP contribution in [0.4, 0.5) is 0 Å². The molecule has 2 atom stereocenters. The normalized spacial score (nSPS) is 28.4. The number of carbonyl (C=O) groups excluding carboxylic acids is 1. The molecule has 16 heavy (non-hydrogen) atoms. The van der Waals surface area contributed by atoms with Gasteiger partial charge in [0.15, 0.2) is 6.39 Å². The SMILES string of the molecule is Cc1ncoc1C(=O)N1C[C@@H]2CN[C@@H](C2)C1. The Bertz CT molecular complexity index is 403. The minimum atomic E-state index is -0.0200. The molecule has 2 saturated heterocycles. The maximum absolute atomic E-state index is 12.2. The zero-order valence-electron chi connectivity index (χ0n) is 9.27. The molecular weight excluding hydrogens is 206 g/mol. The van der Waals surface area contributed by atoms with Crippen LogP contribution >= 0.6 is 0 Å². The van der Waals surface area contributed by atoms with E-state index in [0.29, 0.717) is 23.4 Å². The van der Waals surface area contributed by atoms with Gasteiger partial charge in [0.2, 0.25) is 5.76 Å². The lowest BCUT2D eigenvalue weighted by Gasteiger charge is -2.30. The summed E-state index contributed by atoms with van der Waals surface area (Å²) in [4.78, 5) is 18.0. The van der Waals surface area contributed by atoms with Crippen molar-refractivity contribution in [3.8, 4) is 0 Å². The number of aryl methyl sites for hydroxylation is 1. The van der Waals surface area contributed by atoms with Gasteiger partial charge >= 0.3 is 0 Å². The van der Waals surface area contributed by atoms with Crippen LogP contribution in [0.1, 0.15) is 22.7 Å². The van der Waals surface area contributed by atoms with Crippen molar-refractivity contribution in [3.63, 3.8) is 0 Å². The highest BCUT2D eigenvalue weighted by atomic mass is 16.3. The third-order valence-corrected chi connectivity index (χ3v) is 3.46. The highest BCUT2D eigenvalue weighted by molar-refractivity contribution is 5.92. The van der Waals surface area contributed by atoms with Crippen molar-refractivity contribution in [2.45, 2.75) is 19.4 Å². The fourth-order valence-electron chi connectivity index (χ4n) is 2.65. The van der Waals surface area contributed by atoms with E-state index in [1.165, 1.54) is 12.8 Å². The summed E-state index contributed by atoms with van der Waals surface area (Å²) in [5.41, 5.74) is 0.677. The molecule has 3 rings (SSSR count). The van der Waals surface area contributed by atoms with Crippen LogP contribution in [0.5, 0.6) is 0 Å². The predicted molar refractivity (Wildman–Crippen MR) is 57.0 cm³/mol. The van der Waals surface area contributed by atoms with Crippen LogP contribution in [-0.4, -0.2) is 41.5 Å². The number of piperidine rings is 1. The van der Waals surface area contributed by atoms with Crippen LogP contribution in [0, 0.1) is 12.8 Å². The fourth-order valence-corrected chi connectivity index (χ4v) is 2.65. The van der Waals surface area contributed by atoms with Crippen LogP contribution in [-0.2, 0) is 0 Å². The Labute approximate surface area is 93.8 Å². The summed E-state index contributed by atoms with van der Waals surface area (Å²) in [6.07, 6.45) is 2.53. The maximum Gasteiger partial charge on any atom is 0.291 e. The van der Waals surface area contributed by atoms with Crippen molar-refractivity contribution < 1.29 is 9.21 Å². The van der Waals surface area contributed by atoms with E-state index < -0.39 is 0 Å². The predicted octanol–water partition coefficient (Wildman–Crippen LogP) is 0.417. The van der Waals surface area contributed by atoms with E-state index in [0.717, 1.165) is 19.6 Å². The van der Waals surface area contributed by atoms with Crippen molar-refractivity contribution in [2.75, 3.05) is 19.6 Å². The van der Waals surface area contributed by atoms with Gasteiger partial charge in [-0.15, -0.1) is 0 Å². The molecule has 86 valence electrons. The summed E-state index contributed by atoms with van der Waals surface area (Å²) in [6, 6.07) is 0.464. The quantitative estimate of drug-likeness (QED) is 0.746. The monoisotopic (exact) mass is 221 g/mol. The summed E-state index contributed by atoms with van der Waals surface area (Å²) in [5, 5.41) is 3.42. The molecule has 1 amide bonds. The molecule has 0 spiro atoms. The first kappa shape index (κ1) is 9.84. The Morgan fingerprint density at radius 1 is 1.62 bits per heavy atom. The van der Waals surface area contributed by atoms with Crippen molar-refractivity contribution in [2.24, 2.45) is 5.92 Å². The van der Waals surface area contributed by atoms with Gasteiger partial charge in [-0.3, -0.25) is 4.79 Å². The number of aromatic nitrogens is 1. The summed E-state index contributed by atoms with van der Waals surface area (Å²) in [5.74, 6) is 0.973. The van der Waals surface area contributed by atoms with Gasteiger partial charge in [-0.25, -0.2) is 4.98 Å². The molecule has 0 unspecified atom stereocenters. The van der Waals surface area contributed by atoms with E-state index in [1.807, 2.05) is 4.90 Å². The summed E-state index contributed by atoms with van der Waals surface area (Å²) >= 11 is 0. The molecule has 5 heteroatoms. The molecule has 1 N–H and O–H groups in total. The first-order chi connectivity index (χ1) is 7.74. The molecule has 0 aliphatic carbocycles. The van der Waals surface area contributed by atoms with Gasteiger partial charge in [-0.05, 0) is 19.3 Å². The Morgan fingerprint density at radius 2 is 2.50 bits per heavy atom. The molecule has 1 aromatic heterocycles. The third kappa shape index (κ3) is 1.51. The number of rotatable bonds is 1. The summed E-state index contributed by atoms with van der Waals surface area (Å²) < 4.78 is 5.15. The van der Waals surface area contributed by atoms with Gasteiger partial charge in [0.1, 0.15) is 0 Å². The Kier molecular flexibility index (Phi) is 2.21. The van der Waals surface area contributed by atoms with Crippen molar-refractivity contribution in [1.82, 2.24) is 15.2 Å². The second kappa shape index (κ2) is 3.59. The van der Waals surface area contributed by atoms with Crippen LogP contribution < -0.4 is 5.32 Å². The Balaban J connectivity index is 1.79. The molecule has 5 nitrogen and oxygen atoms in total. The minimum Gasteiger partial charge on any atom is -0.438 e. The minimum absolute atomic E-state index is 0.0200. The topological polar surface area (TPSA) is 58.4 Å². The standard InChI is InChI=1S/C11H15N3O2/c1-7-10(16-6-13-7)11(15)14-4-8-2-9(5-14)12-3-8/h6,8-9,12H,2-5H2,1H3/t8-,9-/m0/s1. The zero-order chi connectivity index (χ0) is 11.1. The molecular formula is C11H15N3O2. The van der Waals surface area contributed by atoms with Gasteiger partial charge in [0.05, 0.1) is 5.69 Å². The van der Waals surface area contributed by atoms with Gasteiger partial charge in [0, 0.05) is 25.7 Å². The molecule has 0 radical (unpaired) electrons. The van der Waals surface area contributed by atoms with Crippen molar-refractivity contribution in [1.29, 1.82) is 0 Å². The molecule has 2 fully saturated rings. The highest BCUT2D eigenvalue weighted by Gasteiger charge is 2.36. The largest absolute Gasteiger partial charge is 0.438 e. The molecule has 0 saturated carbocycles. The fraction of sp³-hybridized carbons (Fsp3) is 0.636. The number of likely N-dealkylation sites (tertiary alicyclic amines) is 1. The first-order valence-corrected chi connectivity index (χ1v) is 5.67. The second-order valence-corrected chi connectivity index (χ2v) is 4.68. The van der Waals surface area contributed by atoms with Crippen LogP contribution in [0.25, 0.3) is 0 Å². The number of oxazole rings is 1. The van der Waals surface area contributed by atoms with Gasteiger partial charge in [-0.2, -0.15) is 0 Å². The average molecular weight is 221 g/mol. The van der Waals surface area contributed by atoms with Crippen LogP contribution in [0.3, 0.4) is 0 Å². The molecule has 0 aromatic carbocycles. The number of amides is 1. The van der Waals surface area contributed by atoms with Crippen molar-refractivity contribution >= 4 is 5.91 Å². The second-order valence-electron chi connectivity index (χ2n) is 4.68. The van der Waals surface area contributed by atoms with Crippen molar-refractivity contribution in [3.05, 3.63) is 17.8 Å². The van der Waals surface area contributed by atoms with E-state index in [1.54, 1.807) is 6.92 Å². The molecule has 2 aliphatic rings.